The van der Waals surface area contributed by atoms with Gasteiger partial charge in [-0.2, -0.15) is 0 Å². The fourth-order valence-corrected chi connectivity index (χ4v) is 13.1. The monoisotopic (exact) mass is 618 g/mol. The Hall–Kier alpha value is 0.403. The van der Waals surface area contributed by atoms with Crippen LogP contribution in [0.5, 0.6) is 0 Å². The maximum absolute atomic E-state index is 2.58. The Balaban J connectivity index is 4.71. The van der Waals surface area contributed by atoms with Crippen molar-refractivity contribution in [2.75, 3.05) is 0 Å². The zero-order valence-corrected chi connectivity index (χ0v) is 34.0. The van der Waals surface area contributed by atoms with E-state index in [-0.39, 0.29) is 0 Å². The number of rotatable bonds is 24. The molecule has 0 heterocycles. The first kappa shape index (κ1) is 40.4. The molecule has 0 aliphatic carbocycles. The number of unbranched alkanes of at least 4 members (excludes halogenated alkanes) is 3. The van der Waals surface area contributed by atoms with Crippen molar-refractivity contribution in [1.82, 2.24) is 0 Å². The fourth-order valence-electron chi connectivity index (χ4n) is 5.77. The predicted octanol–water partition coefficient (Wildman–Crippen LogP) is 13.6. The fraction of sp³-hybridized carbons (Fsp3) is 0.833. The van der Waals surface area contributed by atoms with Gasteiger partial charge in [-0.3, -0.25) is 0 Å². The van der Waals surface area contributed by atoms with E-state index in [2.05, 4.69) is 116 Å². The van der Waals surface area contributed by atoms with Crippen molar-refractivity contribution >= 4 is 38.4 Å². The molecular weight excluding hydrogens is 544 g/mol. The Morgan fingerprint density at radius 1 is 0.425 bits per heavy atom. The Morgan fingerprint density at radius 3 is 0.900 bits per heavy atom. The molecule has 40 heavy (non-hydrogen) atoms. The molecule has 4 heteroatoms. The molecule has 0 aliphatic heterocycles. The molecule has 0 N–H and O–H groups in total. The lowest BCUT2D eigenvalue weighted by Crippen LogP contribution is -2.22. The summed E-state index contributed by atoms with van der Waals surface area (Å²) >= 11 is -0.708. The van der Waals surface area contributed by atoms with Crippen LogP contribution in [-0.2, 0) is 0 Å². The van der Waals surface area contributed by atoms with Crippen LogP contribution in [0.1, 0.15) is 78.6 Å². The van der Waals surface area contributed by atoms with E-state index in [1.54, 1.807) is 15.8 Å². The summed E-state index contributed by atoms with van der Waals surface area (Å²) in [6.45, 7) is 30.0. The van der Waals surface area contributed by atoms with Crippen molar-refractivity contribution in [1.29, 1.82) is 0 Å². The third-order valence-electron chi connectivity index (χ3n) is 8.10. The maximum atomic E-state index is 2.58. The van der Waals surface area contributed by atoms with Crippen LogP contribution < -0.4 is 0 Å². The first-order chi connectivity index (χ1) is 18.5. The van der Waals surface area contributed by atoms with E-state index in [0.29, 0.717) is 0 Å². The Morgan fingerprint density at radius 2 is 0.675 bits per heavy atom. The van der Waals surface area contributed by atoms with Crippen molar-refractivity contribution in [2.45, 2.75) is 171 Å². The quantitative estimate of drug-likeness (QED) is 0.0573. The lowest BCUT2D eigenvalue weighted by atomic mass is 10.1. The van der Waals surface area contributed by atoms with Crippen molar-refractivity contribution in [2.24, 2.45) is 17.8 Å². The summed E-state index contributed by atoms with van der Waals surface area (Å²) in [5.41, 5.74) is 0. The normalized spacial score (nSPS) is 15.9. The van der Waals surface area contributed by atoms with Gasteiger partial charge in [-0.05, 0) is 56.7 Å². The van der Waals surface area contributed by atoms with Crippen LogP contribution in [0.15, 0.2) is 36.5 Å². The average molecular weight is 619 g/mol. The SMILES string of the molecule is CC(CCCC=CC[Si](C)(C)C)[CH2][Al]([CH2]C(C)CCCC=CC[Si](C)(C)C)[CH2]C(C)CCCC=CC[Si](C)(C)C. The lowest BCUT2D eigenvalue weighted by molar-refractivity contribution is 0.516. The van der Waals surface area contributed by atoms with Gasteiger partial charge in [0, 0.05) is 24.2 Å². The molecule has 0 rings (SSSR count). The lowest BCUT2D eigenvalue weighted by Gasteiger charge is -2.23. The summed E-state index contributed by atoms with van der Waals surface area (Å²) in [6, 6.07) is 4.03. The summed E-state index contributed by atoms with van der Waals surface area (Å²) in [4.78, 5) is 0. The summed E-state index contributed by atoms with van der Waals surface area (Å²) in [7, 11) is -2.78. The summed E-state index contributed by atoms with van der Waals surface area (Å²) in [5.74, 6) is 2.78. The molecule has 0 bridgehead atoms. The van der Waals surface area contributed by atoms with Gasteiger partial charge < -0.3 is 0 Å². The van der Waals surface area contributed by atoms with Gasteiger partial charge in [-0.25, -0.2) is 0 Å². The molecule has 0 saturated carbocycles. The van der Waals surface area contributed by atoms with Crippen molar-refractivity contribution in [3.8, 4) is 0 Å². The Labute approximate surface area is 262 Å². The van der Waals surface area contributed by atoms with Gasteiger partial charge in [0.15, 0.2) is 0 Å². The van der Waals surface area contributed by atoms with E-state index >= 15 is 0 Å². The smallest absolute Gasteiger partial charge is 0.0913 e. The zero-order valence-electron chi connectivity index (χ0n) is 29.9. The number of allylic oxidation sites excluding steroid dienone is 6. The minimum absolute atomic E-state index is 0.708. The first-order valence-corrected chi connectivity index (χ1v) is 31.0. The maximum Gasteiger partial charge on any atom is 0.262 e. The second-order valence-electron chi connectivity index (χ2n) is 17.4. The van der Waals surface area contributed by atoms with Crippen LogP contribution in [0.4, 0.5) is 0 Å². The molecule has 0 fully saturated rings. The number of hydrogen-bond donors (Lipinski definition) is 0. The molecule has 0 saturated heterocycles. The van der Waals surface area contributed by atoms with E-state index in [4.69, 9.17) is 0 Å². The second-order valence-corrected chi connectivity index (χ2v) is 37.1. The van der Waals surface area contributed by atoms with Crippen LogP contribution in [0.2, 0.25) is 92.9 Å². The highest BCUT2D eigenvalue weighted by Gasteiger charge is 2.24. The highest BCUT2D eigenvalue weighted by molar-refractivity contribution is 6.77. The van der Waals surface area contributed by atoms with Gasteiger partial charge in [0.2, 0.25) is 0 Å². The van der Waals surface area contributed by atoms with Crippen molar-refractivity contribution in [3.63, 3.8) is 0 Å². The summed E-state index contributed by atoms with van der Waals surface area (Å²) < 4.78 is 0. The minimum atomic E-state index is -0.927. The zero-order chi connectivity index (χ0) is 30.7. The molecule has 3 atom stereocenters. The Kier molecular flexibility index (Phi) is 22.2. The van der Waals surface area contributed by atoms with Crippen LogP contribution in [0.3, 0.4) is 0 Å². The molecular formula is C36H75AlSi3. The molecule has 3 unspecified atom stereocenters. The third kappa shape index (κ3) is 29.9. The van der Waals surface area contributed by atoms with Gasteiger partial charge in [0.1, 0.15) is 0 Å². The van der Waals surface area contributed by atoms with Gasteiger partial charge >= 0.3 is 0 Å². The molecule has 0 nitrogen and oxygen atoms in total. The number of hydrogen-bond acceptors (Lipinski definition) is 0. The predicted molar refractivity (Wildman–Crippen MR) is 201 cm³/mol. The standard InChI is InChI=1S/3C12H25Si.Al/c3*1-12(2)10-8-6-7-9-11-13(3,4)5;/h3*7,9,12H,1,6,8,10-11H2,2-5H3;. The van der Waals surface area contributed by atoms with E-state index in [1.165, 1.54) is 75.9 Å². The largest absolute Gasteiger partial charge is 0.262 e. The molecule has 0 aromatic carbocycles. The van der Waals surface area contributed by atoms with Gasteiger partial charge in [-0.15, -0.1) is 0 Å². The minimum Gasteiger partial charge on any atom is -0.0913 e. The summed E-state index contributed by atoms with van der Waals surface area (Å²) in [5, 5.41) is 4.75. The van der Waals surface area contributed by atoms with Gasteiger partial charge in [-0.1, -0.05) is 169 Å². The molecule has 0 aromatic rings. The van der Waals surface area contributed by atoms with Crippen molar-refractivity contribution in [3.05, 3.63) is 36.5 Å². The molecule has 0 radical (unpaired) electrons. The van der Waals surface area contributed by atoms with E-state index in [9.17, 15) is 0 Å². The van der Waals surface area contributed by atoms with E-state index < -0.39 is 38.4 Å². The van der Waals surface area contributed by atoms with Gasteiger partial charge in [0.05, 0.1) is 0 Å². The highest BCUT2D eigenvalue weighted by atomic mass is 28.3. The molecule has 0 spiro atoms. The van der Waals surface area contributed by atoms with Crippen LogP contribution in [-0.4, -0.2) is 38.4 Å². The molecule has 234 valence electrons. The second kappa shape index (κ2) is 22.0. The topological polar surface area (TPSA) is 0 Å². The third-order valence-corrected chi connectivity index (χ3v) is 16.9. The highest BCUT2D eigenvalue weighted by Crippen LogP contribution is 2.28. The van der Waals surface area contributed by atoms with E-state index in [0.717, 1.165) is 17.8 Å². The molecule has 0 amide bonds. The first-order valence-electron chi connectivity index (χ1n) is 17.4. The van der Waals surface area contributed by atoms with Crippen molar-refractivity contribution < 1.29 is 0 Å². The molecule has 0 aromatic heterocycles. The van der Waals surface area contributed by atoms with E-state index in [1.807, 2.05) is 0 Å². The average Bonchev–Trinajstić information content (AvgIpc) is 2.78. The molecule has 0 aliphatic rings. The Bertz CT molecular complexity index is 595. The van der Waals surface area contributed by atoms with Crippen LogP contribution in [0.25, 0.3) is 0 Å². The van der Waals surface area contributed by atoms with Crippen LogP contribution >= 0.6 is 0 Å². The van der Waals surface area contributed by atoms with Gasteiger partial charge in [0.25, 0.3) is 14.1 Å². The van der Waals surface area contributed by atoms with Crippen LogP contribution in [0, 0.1) is 17.8 Å². The summed E-state index contributed by atoms with van der Waals surface area (Å²) in [6.07, 6.45) is 27.3.